The van der Waals surface area contributed by atoms with E-state index in [1.54, 1.807) is 4.31 Å². The Labute approximate surface area is 105 Å². The fourth-order valence-electron chi connectivity index (χ4n) is 2.14. The minimum atomic E-state index is -3.09. The van der Waals surface area contributed by atoms with Gasteiger partial charge in [-0.1, -0.05) is 0 Å². The van der Waals surface area contributed by atoms with E-state index in [4.69, 9.17) is 5.73 Å². The molecule has 1 fully saturated rings. The van der Waals surface area contributed by atoms with E-state index in [-0.39, 0.29) is 17.8 Å². The largest absolute Gasteiger partial charge is 0.330 e. The van der Waals surface area contributed by atoms with Crippen molar-refractivity contribution in [2.24, 2.45) is 5.73 Å². The zero-order valence-corrected chi connectivity index (χ0v) is 11.9. The van der Waals surface area contributed by atoms with Crippen molar-refractivity contribution in [2.45, 2.75) is 38.8 Å². The second kappa shape index (κ2) is 6.13. The molecule has 17 heavy (non-hydrogen) atoms. The fraction of sp³-hybridized carbons (Fsp3) is 1.00. The van der Waals surface area contributed by atoms with Gasteiger partial charge < -0.3 is 5.73 Å². The zero-order chi connectivity index (χ0) is 13.1. The lowest BCUT2D eigenvalue weighted by atomic mass is 10.1. The molecule has 2 N–H and O–H groups in total. The van der Waals surface area contributed by atoms with Gasteiger partial charge in [-0.05, 0) is 40.3 Å². The lowest BCUT2D eigenvalue weighted by Gasteiger charge is -2.41. The highest BCUT2D eigenvalue weighted by atomic mass is 32.2. The van der Waals surface area contributed by atoms with Crippen molar-refractivity contribution >= 4 is 10.0 Å². The summed E-state index contributed by atoms with van der Waals surface area (Å²) in [5.74, 6) is 0.230. The van der Waals surface area contributed by atoms with Crippen LogP contribution in [0.1, 0.15) is 26.7 Å². The van der Waals surface area contributed by atoms with Crippen molar-refractivity contribution in [1.29, 1.82) is 0 Å². The van der Waals surface area contributed by atoms with Gasteiger partial charge >= 0.3 is 0 Å². The second-order valence-corrected chi connectivity index (χ2v) is 7.08. The highest BCUT2D eigenvalue weighted by Gasteiger charge is 2.32. The number of likely N-dealkylation sites (N-methyl/N-ethyl adjacent to an activating group) is 1. The van der Waals surface area contributed by atoms with Crippen LogP contribution >= 0.6 is 0 Å². The van der Waals surface area contributed by atoms with Gasteiger partial charge in [-0.2, -0.15) is 4.31 Å². The highest BCUT2D eigenvalue weighted by Crippen LogP contribution is 2.17. The molecule has 0 radical (unpaired) electrons. The monoisotopic (exact) mass is 263 g/mol. The SMILES string of the molecule is CC1CN(S(=O)(=O)CCCCN)CC(C)N1C. The predicted molar refractivity (Wildman–Crippen MR) is 70.3 cm³/mol. The van der Waals surface area contributed by atoms with E-state index in [1.807, 2.05) is 7.05 Å². The fourth-order valence-corrected chi connectivity index (χ4v) is 3.85. The van der Waals surface area contributed by atoms with E-state index in [9.17, 15) is 8.42 Å². The lowest BCUT2D eigenvalue weighted by molar-refractivity contribution is 0.105. The van der Waals surface area contributed by atoms with E-state index in [0.717, 1.165) is 6.42 Å². The minimum Gasteiger partial charge on any atom is -0.330 e. The van der Waals surface area contributed by atoms with E-state index in [2.05, 4.69) is 18.7 Å². The molecule has 0 spiro atoms. The average Bonchev–Trinajstić information content (AvgIpc) is 2.25. The number of nitrogens with zero attached hydrogens (tertiary/aromatic N) is 2. The van der Waals surface area contributed by atoms with Crippen LogP contribution in [0.3, 0.4) is 0 Å². The van der Waals surface area contributed by atoms with Crippen LogP contribution in [-0.4, -0.2) is 62.1 Å². The van der Waals surface area contributed by atoms with Crippen molar-refractivity contribution < 1.29 is 8.42 Å². The number of hydrogen-bond donors (Lipinski definition) is 1. The van der Waals surface area contributed by atoms with Gasteiger partial charge in [0.1, 0.15) is 0 Å². The third-order valence-corrected chi connectivity index (χ3v) is 5.47. The van der Waals surface area contributed by atoms with E-state index in [0.29, 0.717) is 26.1 Å². The quantitative estimate of drug-likeness (QED) is 0.713. The Hall–Kier alpha value is -0.170. The van der Waals surface area contributed by atoms with Gasteiger partial charge in [0.25, 0.3) is 0 Å². The first-order valence-electron chi connectivity index (χ1n) is 6.28. The van der Waals surface area contributed by atoms with Gasteiger partial charge in [-0.3, -0.25) is 4.90 Å². The van der Waals surface area contributed by atoms with Gasteiger partial charge in [0.15, 0.2) is 0 Å². The molecule has 1 rings (SSSR count). The smallest absolute Gasteiger partial charge is 0.214 e. The molecule has 2 unspecified atom stereocenters. The van der Waals surface area contributed by atoms with Crippen molar-refractivity contribution in [3.63, 3.8) is 0 Å². The molecule has 1 aliphatic rings. The molecular weight excluding hydrogens is 238 g/mol. The molecule has 6 heteroatoms. The summed E-state index contributed by atoms with van der Waals surface area (Å²) in [7, 11) is -1.04. The lowest BCUT2D eigenvalue weighted by Crippen LogP contribution is -2.56. The Balaban J connectivity index is 2.60. The number of sulfonamides is 1. The summed E-state index contributed by atoms with van der Waals surface area (Å²) in [4.78, 5) is 2.23. The molecule has 0 aliphatic carbocycles. The summed E-state index contributed by atoms with van der Waals surface area (Å²) in [6.07, 6.45) is 1.44. The zero-order valence-electron chi connectivity index (χ0n) is 11.1. The molecule has 1 heterocycles. The van der Waals surface area contributed by atoms with Gasteiger partial charge in [-0.15, -0.1) is 0 Å². The van der Waals surface area contributed by atoms with Gasteiger partial charge in [0.2, 0.25) is 10.0 Å². The maximum Gasteiger partial charge on any atom is 0.214 e. The van der Waals surface area contributed by atoms with Crippen LogP contribution in [0.4, 0.5) is 0 Å². The maximum atomic E-state index is 12.1. The van der Waals surface area contributed by atoms with E-state index in [1.165, 1.54) is 0 Å². The van der Waals surface area contributed by atoms with E-state index >= 15 is 0 Å². The molecule has 0 saturated carbocycles. The summed E-state index contributed by atoms with van der Waals surface area (Å²) in [5, 5.41) is 0. The standard InChI is InChI=1S/C11H25N3O2S/c1-10-8-14(9-11(2)13(10)3)17(15,16)7-5-4-6-12/h10-11H,4-9,12H2,1-3H3. The Morgan fingerprint density at radius 3 is 2.18 bits per heavy atom. The Bertz CT molecular complexity index is 320. The molecular formula is C11H25N3O2S. The molecule has 1 saturated heterocycles. The van der Waals surface area contributed by atoms with Crippen LogP contribution in [0, 0.1) is 0 Å². The Morgan fingerprint density at radius 2 is 1.71 bits per heavy atom. The van der Waals surface area contributed by atoms with Crippen molar-refractivity contribution in [3.05, 3.63) is 0 Å². The third-order valence-electron chi connectivity index (χ3n) is 3.58. The van der Waals surface area contributed by atoms with Gasteiger partial charge in [0.05, 0.1) is 5.75 Å². The van der Waals surface area contributed by atoms with Crippen molar-refractivity contribution in [1.82, 2.24) is 9.21 Å². The first kappa shape index (κ1) is 14.9. The van der Waals surface area contributed by atoms with Gasteiger partial charge in [0, 0.05) is 25.2 Å². The predicted octanol–water partition coefficient (Wildman–Crippen LogP) is 0.0795. The summed E-state index contributed by atoms with van der Waals surface area (Å²) in [5.41, 5.74) is 5.38. The molecule has 2 atom stereocenters. The van der Waals surface area contributed by atoms with Crippen LogP contribution < -0.4 is 5.73 Å². The van der Waals surface area contributed by atoms with E-state index < -0.39 is 10.0 Å². The minimum absolute atomic E-state index is 0.230. The number of piperazine rings is 1. The first-order chi connectivity index (χ1) is 7.88. The normalized spacial score (nSPS) is 28.5. The molecule has 0 amide bonds. The van der Waals surface area contributed by atoms with Crippen LogP contribution in [0.5, 0.6) is 0 Å². The molecule has 1 aliphatic heterocycles. The molecule has 102 valence electrons. The highest BCUT2D eigenvalue weighted by molar-refractivity contribution is 7.89. The first-order valence-corrected chi connectivity index (χ1v) is 7.89. The Morgan fingerprint density at radius 1 is 1.18 bits per heavy atom. The molecule has 0 aromatic rings. The number of rotatable bonds is 5. The number of nitrogens with two attached hydrogens (primary N) is 1. The second-order valence-electron chi connectivity index (χ2n) is 4.99. The topological polar surface area (TPSA) is 66.6 Å². The molecule has 0 aromatic carbocycles. The van der Waals surface area contributed by atoms with Crippen molar-refractivity contribution in [3.8, 4) is 0 Å². The summed E-state index contributed by atoms with van der Waals surface area (Å²) < 4.78 is 25.9. The van der Waals surface area contributed by atoms with Crippen LogP contribution in [0.15, 0.2) is 0 Å². The van der Waals surface area contributed by atoms with Gasteiger partial charge in [-0.25, -0.2) is 8.42 Å². The maximum absolute atomic E-state index is 12.1. The Kier molecular flexibility index (Phi) is 5.37. The average molecular weight is 263 g/mol. The number of hydrogen-bond acceptors (Lipinski definition) is 4. The summed E-state index contributed by atoms with van der Waals surface area (Å²) >= 11 is 0. The van der Waals surface area contributed by atoms with Crippen molar-refractivity contribution in [2.75, 3.05) is 32.4 Å². The third kappa shape index (κ3) is 3.91. The van der Waals surface area contributed by atoms with Crippen LogP contribution in [0.25, 0.3) is 0 Å². The number of unbranched alkanes of at least 4 members (excludes halogenated alkanes) is 1. The molecule has 0 bridgehead atoms. The molecule has 5 nitrogen and oxygen atoms in total. The van der Waals surface area contributed by atoms with Crippen LogP contribution in [0.2, 0.25) is 0 Å². The molecule has 0 aromatic heterocycles. The van der Waals surface area contributed by atoms with Crippen LogP contribution in [-0.2, 0) is 10.0 Å². The summed E-state index contributed by atoms with van der Waals surface area (Å²) in [6.45, 7) is 5.90. The summed E-state index contributed by atoms with van der Waals surface area (Å²) in [6, 6.07) is 0.561.